The van der Waals surface area contributed by atoms with Crippen LogP contribution < -0.4 is 21.3 Å². The van der Waals surface area contributed by atoms with Crippen molar-refractivity contribution in [2.45, 2.75) is 26.3 Å². The molecule has 4 N–H and O–H groups in total. The van der Waals surface area contributed by atoms with Gasteiger partial charge in [-0.25, -0.2) is 5.43 Å². The molecule has 1 aromatic carbocycles. The highest BCUT2D eigenvalue weighted by molar-refractivity contribution is 5.76. The summed E-state index contributed by atoms with van der Waals surface area (Å²) in [4.78, 5) is 11.4. The molecule has 5 nitrogen and oxygen atoms in total. The molecular formula is C13H21N3O2. The number of hydrogen-bond donors (Lipinski definition) is 3. The number of carbonyl (C=O) groups excluding carboxylic acids is 1. The van der Waals surface area contributed by atoms with Gasteiger partial charge in [0.1, 0.15) is 5.75 Å². The van der Waals surface area contributed by atoms with E-state index in [1.165, 1.54) is 0 Å². The summed E-state index contributed by atoms with van der Waals surface area (Å²) in [6.45, 7) is 3.94. The summed E-state index contributed by atoms with van der Waals surface area (Å²) < 4.78 is 5.30. The molecule has 0 fully saturated rings. The van der Waals surface area contributed by atoms with Gasteiger partial charge >= 0.3 is 0 Å². The van der Waals surface area contributed by atoms with Gasteiger partial charge in [-0.2, -0.15) is 0 Å². The Morgan fingerprint density at radius 1 is 1.39 bits per heavy atom. The number of hydrazine groups is 1. The minimum atomic E-state index is -0.318. The van der Waals surface area contributed by atoms with Gasteiger partial charge < -0.3 is 10.5 Å². The van der Waals surface area contributed by atoms with Crippen LogP contribution in [0.4, 0.5) is 0 Å². The maximum absolute atomic E-state index is 11.4. The average molecular weight is 251 g/mol. The maximum atomic E-state index is 11.4. The number of benzene rings is 1. The molecule has 0 bridgehead atoms. The number of carbonyl (C=O) groups is 1. The zero-order valence-corrected chi connectivity index (χ0v) is 11.3. The van der Waals surface area contributed by atoms with E-state index < -0.39 is 0 Å². The molecule has 0 spiro atoms. The van der Waals surface area contributed by atoms with Gasteiger partial charge in [-0.1, -0.05) is 12.1 Å². The number of amides is 1. The highest BCUT2D eigenvalue weighted by Crippen LogP contribution is 2.27. The Morgan fingerprint density at radius 2 is 1.94 bits per heavy atom. The number of nitrogens with two attached hydrogens (primary N) is 1. The number of rotatable bonds is 5. The molecular weight excluding hydrogens is 230 g/mol. The highest BCUT2D eigenvalue weighted by Gasteiger charge is 2.14. The Morgan fingerprint density at radius 3 is 2.39 bits per heavy atom. The third-order valence-electron chi connectivity index (χ3n) is 2.78. The lowest BCUT2D eigenvalue weighted by Gasteiger charge is -2.16. The number of ether oxygens (including phenoxy) is 1. The van der Waals surface area contributed by atoms with Gasteiger partial charge in [0.05, 0.1) is 7.11 Å². The Kier molecular flexibility index (Phi) is 5.12. The first kappa shape index (κ1) is 14.5. The van der Waals surface area contributed by atoms with Crippen LogP contribution in [0.1, 0.15) is 29.2 Å². The van der Waals surface area contributed by atoms with Crippen LogP contribution in [-0.4, -0.2) is 20.1 Å². The second-order valence-corrected chi connectivity index (χ2v) is 4.30. The van der Waals surface area contributed by atoms with Gasteiger partial charge in [0.25, 0.3) is 0 Å². The predicted octanol–water partition coefficient (Wildman–Crippen LogP) is 0.953. The van der Waals surface area contributed by atoms with E-state index in [2.05, 4.69) is 10.9 Å². The van der Waals surface area contributed by atoms with Crippen molar-refractivity contribution in [1.29, 1.82) is 0 Å². The van der Waals surface area contributed by atoms with Crippen molar-refractivity contribution in [2.24, 2.45) is 5.73 Å². The van der Waals surface area contributed by atoms with E-state index in [1.54, 1.807) is 14.2 Å². The van der Waals surface area contributed by atoms with Crippen LogP contribution in [0.25, 0.3) is 0 Å². The molecule has 5 heteroatoms. The summed E-state index contributed by atoms with van der Waals surface area (Å²) in [6, 6.07) is 3.61. The monoisotopic (exact) mass is 251 g/mol. The molecule has 0 saturated carbocycles. The molecule has 0 heterocycles. The Balaban J connectivity index is 2.87. The zero-order chi connectivity index (χ0) is 13.7. The average Bonchev–Trinajstić information content (AvgIpc) is 2.28. The normalized spacial score (nSPS) is 12.1. The molecule has 0 aliphatic rings. The van der Waals surface area contributed by atoms with Crippen LogP contribution >= 0.6 is 0 Å². The van der Waals surface area contributed by atoms with E-state index in [0.29, 0.717) is 0 Å². The van der Waals surface area contributed by atoms with Gasteiger partial charge in [-0.15, -0.1) is 0 Å². The number of hydrogen-bond acceptors (Lipinski definition) is 4. The van der Waals surface area contributed by atoms with Gasteiger partial charge in [-0.05, 0) is 30.5 Å². The first-order valence-corrected chi connectivity index (χ1v) is 5.86. The van der Waals surface area contributed by atoms with Gasteiger partial charge in [0.15, 0.2) is 0 Å². The van der Waals surface area contributed by atoms with Gasteiger partial charge in [0, 0.05) is 19.5 Å². The molecule has 0 radical (unpaired) electrons. The fourth-order valence-corrected chi connectivity index (χ4v) is 2.03. The molecule has 1 atom stereocenters. The van der Waals surface area contributed by atoms with E-state index in [1.807, 2.05) is 26.0 Å². The lowest BCUT2D eigenvalue weighted by atomic mass is 9.98. The molecule has 18 heavy (non-hydrogen) atoms. The fourth-order valence-electron chi connectivity index (χ4n) is 2.03. The van der Waals surface area contributed by atoms with E-state index in [0.717, 1.165) is 22.4 Å². The quantitative estimate of drug-likeness (QED) is 0.681. The first-order chi connectivity index (χ1) is 8.49. The van der Waals surface area contributed by atoms with Crippen LogP contribution in [0.15, 0.2) is 12.1 Å². The standard InChI is InChI=1S/C13H21N3O2/c1-8-5-10(6-9(2)13(8)18-4)11(14)7-12(17)16-15-3/h5-6,11,15H,7,14H2,1-4H3,(H,16,17). The molecule has 0 aromatic heterocycles. The minimum Gasteiger partial charge on any atom is -0.496 e. The smallest absolute Gasteiger partial charge is 0.235 e. The van der Waals surface area contributed by atoms with Gasteiger partial charge in [0.2, 0.25) is 5.91 Å². The maximum Gasteiger partial charge on any atom is 0.235 e. The van der Waals surface area contributed by atoms with E-state index in [9.17, 15) is 4.79 Å². The molecule has 1 aromatic rings. The van der Waals surface area contributed by atoms with Crippen LogP contribution in [0.2, 0.25) is 0 Å². The Hall–Kier alpha value is -1.59. The summed E-state index contributed by atoms with van der Waals surface area (Å²) in [5.74, 6) is 0.738. The summed E-state index contributed by atoms with van der Waals surface area (Å²) in [5.41, 5.74) is 14.1. The molecule has 1 amide bonds. The molecule has 0 aliphatic carbocycles. The van der Waals surface area contributed by atoms with Crippen molar-refractivity contribution in [1.82, 2.24) is 10.9 Å². The summed E-state index contributed by atoms with van der Waals surface area (Å²) in [7, 11) is 3.29. The number of nitrogens with one attached hydrogen (secondary N) is 2. The molecule has 1 rings (SSSR count). The topological polar surface area (TPSA) is 76.4 Å². The SMILES string of the molecule is CNNC(=O)CC(N)c1cc(C)c(OC)c(C)c1. The van der Waals surface area contributed by atoms with Gasteiger partial charge in [-0.3, -0.25) is 10.2 Å². The van der Waals surface area contributed by atoms with Crippen LogP contribution in [-0.2, 0) is 4.79 Å². The lowest BCUT2D eigenvalue weighted by Crippen LogP contribution is -2.36. The summed E-state index contributed by atoms with van der Waals surface area (Å²) in [6.07, 6.45) is 0.242. The Labute approximate surface area is 108 Å². The number of aryl methyl sites for hydroxylation is 2. The van der Waals surface area contributed by atoms with Crippen LogP contribution in [0.5, 0.6) is 5.75 Å². The molecule has 0 saturated heterocycles. The van der Waals surface area contributed by atoms with Crippen molar-refractivity contribution in [3.63, 3.8) is 0 Å². The largest absolute Gasteiger partial charge is 0.496 e. The van der Waals surface area contributed by atoms with Crippen LogP contribution in [0, 0.1) is 13.8 Å². The van der Waals surface area contributed by atoms with Crippen molar-refractivity contribution < 1.29 is 9.53 Å². The summed E-state index contributed by atoms with van der Waals surface area (Å²) in [5, 5.41) is 0. The van der Waals surface area contributed by atoms with Crippen LogP contribution in [0.3, 0.4) is 0 Å². The van der Waals surface area contributed by atoms with E-state index >= 15 is 0 Å². The van der Waals surface area contributed by atoms with Crippen molar-refractivity contribution in [3.05, 3.63) is 28.8 Å². The molecule has 0 aliphatic heterocycles. The zero-order valence-electron chi connectivity index (χ0n) is 11.3. The van der Waals surface area contributed by atoms with Crippen molar-refractivity contribution in [2.75, 3.05) is 14.2 Å². The highest BCUT2D eigenvalue weighted by atomic mass is 16.5. The second kappa shape index (κ2) is 6.37. The van der Waals surface area contributed by atoms with E-state index in [4.69, 9.17) is 10.5 Å². The number of methoxy groups -OCH3 is 1. The minimum absolute atomic E-state index is 0.129. The second-order valence-electron chi connectivity index (χ2n) is 4.30. The lowest BCUT2D eigenvalue weighted by molar-refractivity contribution is -0.122. The van der Waals surface area contributed by atoms with Crippen molar-refractivity contribution >= 4 is 5.91 Å². The third-order valence-corrected chi connectivity index (χ3v) is 2.78. The summed E-state index contributed by atoms with van der Waals surface area (Å²) >= 11 is 0. The fraction of sp³-hybridized carbons (Fsp3) is 0.462. The van der Waals surface area contributed by atoms with E-state index in [-0.39, 0.29) is 18.4 Å². The molecule has 1 unspecified atom stereocenters. The predicted molar refractivity (Wildman–Crippen MR) is 71.2 cm³/mol. The van der Waals surface area contributed by atoms with Crippen molar-refractivity contribution in [3.8, 4) is 5.75 Å². The Bertz CT molecular complexity index is 409. The third kappa shape index (κ3) is 3.45. The first-order valence-electron chi connectivity index (χ1n) is 5.86. The molecule has 100 valence electrons.